The monoisotopic (exact) mass is 239 g/mol. The third kappa shape index (κ3) is 5.94. The molecule has 17 heavy (non-hydrogen) atoms. The number of nitrogens with two attached hydrogens (primary N) is 1. The summed E-state index contributed by atoms with van der Waals surface area (Å²) in [7, 11) is 0. The van der Waals surface area contributed by atoms with Crippen LogP contribution in [0.3, 0.4) is 0 Å². The van der Waals surface area contributed by atoms with E-state index in [1.807, 2.05) is 0 Å². The maximum Gasteiger partial charge on any atom is 0.188 e. The summed E-state index contributed by atoms with van der Waals surface area (Å²) < 4.78 is 0. The average Bonchev–Trinajstić information content (AvgIpc) is 2.27. The molecule has 0 aliphatic heterocycles. The number of nitrogens with zero attached hydrogens (tertiary/aromatic N) is 1. The maximum absolute atomic E-state index is 5.86. The lowest BCUT2D eigenvalue weighted by atomic mass is 9.80. The van der Waals surface area contributed by atoms with Crippen molar-refractivity contribution >= 4 is 5.96 Å². The Morgan fingerprint density at radius 3 is 2.71 bits per heavy atom. The van der Waals surface area contributed by atoms with E-state index in [4.69, 9.17) is 5.73 Å². The number of rotatable bonds is 5. The van der Waals surface area contributed by atoms with Crippen LogP contribution in [0.1, 0.15) is 52.9 Å². The molecule has 0 radical (unpaired) electrons. The van der Waals surface area contributed by atoms with Crippen LogP contribution in [0.25, 0.3) is 0 Å². The van der Waals surface area contributed by atoms with Crippen molar-refractivity contribution in [2.75, 3.05) is 13.1 Å². The predicted octanol–water partition coefficient (Wildman–Crippen LogP) is 2.76. The summed E-state index contributed by atoms with van der Waals surface area (Å²) in [4.78, 5) is 4.48. The summed E-state index contributed by atoms with van der Waals surface area (Å²) in [6.07, 6.45) is 6.59. The Hall–Kier alpha value is -0.730. The molecule has 1 aliphatic carbocycles. The van der Waals surface area contributed by atoms with Crippen molar-refractivity contribution in [2.45, 2.75) is 52.9 Å². The topological polar surface area (TPSA) is 50.4 Å². The molecule has 2 unspecified atom stereocenters. The minimum atomic E-state index is 0.628. The number of nitrogens with one attached hydrogen (secondary N) is 1. The van der Waals surface area contributed by atoms with Crippen LogP contribution in [0.2, 0.25) is 0 Å². The van der Waals surface area contributed by atoms with Gasteiger partial charge in [-0.2, -0.15) is 0 Å². The third-order valence-corrected chi connectivity index (χ3v) is 3.81. The molecule has 3 N–H and O–H groups in total. The van der Waals surface area contributed by atoms with Gasteiger partial charge in [0.15, 0.2) is 5.96 Å². The van der Waals surface area contributed by atoms with Gasteiger partial charge in [0.2, 0.25) is 0 Å². The van der Waals surface area contributed by atoms with Crippen LogP contribution in [-0.2, 0) is 0 Å². The van der Waals surface area contributed by atoms with Gasteiger partial charge in [0.1, 0.15) is 0 Å². The molecule has 0 aromatic heterocycles. The van der Waals surface area contributed by atoms with Crippen molar-refractivity contribution in [2.24, 2.45) is 28.5 Å². The number of guanidine groups is 1. The Balaban J connectivity index is 2.21. The molecule has 0 aromatic rings. The first-order valence-electron chi connectivity index (χ1n) is 7.13. The molecular weight excluding hydrogens is 210 g/mol. The molecule has 0 amide bonds. The van der Waals surface area contributed by atoms with Gasteiger partial charge in [0.05, 0.1) is 0 Å². The summed E-state index contributed by atoms with van der Waals surface area (Å²) in [6.45, 7) is 8.63. The number of aliphatic imine (C=N–C) groups is 1. The number of hydrogen-bond acceptors (Lipinski definition) is 1. The Morgan fingerprint density at radius 1 is 1.35 bits per heavy atom. The molecule has 2 atom stereocenters. The largest absolute Gasteiger partial charge is 0.370 e. The maximum atomic E-state index is 5.86. The van der Waals surface area contributed by atoms with Crippen molar-refractivity contribution in [3.05, 3.63) is 0 Å². The lowest BCUT2D eigenvalue weighted by Crippen LogP contribution is -2.34. The highest BCUT2D eigenvalue weighted by Gasteiger charge is 2.20. The third-order valence-electron chi connectivity index (χ3n) is 3.81. The lowest BCUT2D eigenvalue weighted by Gasteiger charge is -2.27. The molecule has 0 heterocycles. The fraction of sp³-hybridized carbons (Fsp3) is 0.929. The molecule has 0 bridgehead atoms. The van der Waals surface area contributed by atoms with E-state index in [2.05, 4.69) is 31.1 Å². The van der Waals surface area contributed by atoms with E-state index in [0.29, 0.717) is 11.9 Å². The van der Waals surface area contributed by atoms with E-state index in [-0.39, 0.29) is 0 Å². The highest BCUT2D eigenvalue weighted by molar-refractivity contribution is 5.77. The van der Waals surface area contributed by atoms with E-state index in [1.165, 1.54) is 25.7 Å². The molecular formula is C14H29N3. The summed E-state index contributed by atoms with van der Waals surface area (Å²) in [6, 6.07) is 0. The molecule has 0 aromatic carbocycles. The van der Waals surface area contributed by atoms with Crippen LogP contribution in [0, 0.1) is 17.8 Å². The molecule has 0 saturated heterocycles. The first-order valence-corrected chi connectivity index (χ1v) is 7.13. The van der Waals surface area contributed by atoms with Gasteiger partial charge in [-0.25, -0.2) is 0 Å². The lowest BCUT2D eigenvalue weighted by molar-refractivity contribution is 0.263. The Labute approximate surface area is 106 Å². The highest BCUT2D eigenvalue weighted by Crippen LogP contribution is 2.29. The molecule has 0 spiro atoms. The Kier molecular flexibility index (Phi) is 6.38. The van der Waals surface area contributed by atoms with Crippen molar-refractivity contribution in [1.29, 1.82) is 0 Å². The molecule has 1 saturated carbocycles. The van der Waals surface area contributed by atoms with Crippen LogP contribution in [0.5, 0.6) is 0 Å². The van der Waals surface area contributed by atoms with Gasteiger partial charge >= 0.3 is 0 Å². The van der Waals surface area contributed by atoms with Crippen LogP contribution in [-0.4, -0.2) is 19.0 Å². The van der Waals surface area contributed by atoms with Gasteiger partial charge in [0, 0.05) is 13.1 Å². The minimum Gasteiger partial charge on any atom is -0.370 e. The van der Waals surface area contributed by atoms with Gasteiger partial charge in [-0.1, -0.05) is 40.0 Å². The first kappa shape index (κ1) is 14.3. The summed E-state index contributed by atoms with van der Waals surface area (Å²) in [5.74, 6) is 2.90. The second kappa shape index (κ2) is 7.57. The van der Waals surface area contributed by atoms with Crippen LogP contribution in [0.15, 0.2) is 4.99 Å². The standard InChI is InChI=1S/C14H29N3/c1-11(2)8-9-16-14(15)17-10-13-7-5-4-6-12(13)3/h11-13H,4-10H2,1-3H3,(H3,15,16,17). The van der Waals surface area contributed by atoms with Crippen LogP contribution >= 0.6 is 0 Å². The van der Waals surface area contributed by atoms with Gasteiger partial charge in [-0.15, -0.1) is 0 Å². The van der Waals surface area contributed by atoms with Gasteiger partial charge in [-0.3, -0.25) is 4.99 Å². The first-order chi connectivity index (χ1) is 8.09. The number of hydrogen-bond donors (Lipinski definition) is 2. The zero-order chi connectivity index (χ0) is 12.7. The quantitative estimate of drug-likeness (QED) is 0.572. The van der Waals surface area contributed by atoms with Gasteiger partial charge in [-0.05, 0) is 30.6 Å². The van der Waals surface area contributed by atoms with Crippen molar-refractivity contribution in [3.8, 4) is 0 Å². The minimum absolute atomic E-state index is 0.628. The fourth-order valence-corrected chi connectivity index (χ4v) is 2.42. The van der Waals surface area contributed by atoms with Gasteiger partial charge < -0.3 is 11.1 Å². The van der Waals surface area contributed by atoms with Crippen LogP contribution < -0.4 is 11.1 Å². The molecule has 100 valence electrons. The SMILES string of the molecule is CC(C)CCNC(N)=NCC1CCCCC1C. The average molecular weight is 239 g/mol. The molecule has 1 fully saturated rings. The smallest absolute Gasteiger partial charge is 0.188 e. The Bertz CT molecular complexity index is 236. The van der Waals surface area contributed by atoms with Crippen molar-refractivity contribution < 1.29 is 0 Å². The molecule has 3 nitrogen and oxygen atoms in total. The highest BCUT2D eigenvalue weighted by atomic mass is 15.1. The second-order valence-corrected chi connectivity index (χ2v) is 5.86. The van der Waals surface area contributed by atoms with E-state index in [9.17, 15) is 0 Å². The fourth-order valence-electron chi connectivity index (χ4n) is 2.42. The van der Waals surface area contributed by atoms with E-state index in [1.54, 1.807) is 0 Å². The normalized spacial score (nSPS) is 26.2. The van der Waals surface area contributed by atoms with E-state index >= 15 is 0 Å². The predicted molar refractivity (Wildman–Crippen MR) is 75.1 cm³/mol. The zero-order valence-electron chi connectivity index (χ0n) is 11.7. The van der Waals surface area contributed by atoms with E-state index in [0.717, 1.165) is 31.3 Å². The second-order valence-electron chi connectivity index (χ2n) is 5.86. The van der Waals surface area contributed by atoms with Crippen molar-refractivity contribution in [1.82, 2.24) is 5.32 Å². The molecule has 1 rings (SSSR count). The summed E-state index contributed by atoms with van der Waals surface area (Å²) in [5, 5.41) is 3.20. The van der Waals surface area contributed by atoms with Gasteiger partial charge in [0.25, 0.3) is 0 Å². The van der Waals surface area contributed by atoms with E-state index < -0.39 is 0 Å². The summed E-state index contributed by atoms with van der Waals surface area (Å²) >= 11 is 0. The zero-order valence-corrected chi connectivity index (χ0v) is 11.7. The Morgan fingerprint density at radius 2 is 2.06 bits per heavy atom. The molecule has 3 heteroatoms. The summed E-state index contributed by atoms with van der Waals surface area (Å²) in [5.41, 5.74) is 5.86. The molecule has 1 aliphatic rings. The van der Waals surface area contributed by atoms with Crippen molar-refractivity contribution in [3.63, 3.8) is 0 Å². The van der Waals surface area contributed by atoms with Crippen LogP contribution in [0.4, 0.5) is 0 Å².